The molecule has 0 spiro atoms. The molecular weight excluding hydrogens is 342 g/mol. The normalized spacial score (nSPS) is 16.2. The first-order valence-corrected chi connectivity index (χ1v) is 8.07. The quantitative estimate of drug-likeness (QED) is 0.590. The molecule has 136 valence electrons. The second-order valence-corrected chi connectivity index (χ2v) is 5.81. The number of non-ortho nitro benzene ring substituents is 1. The summed E-state index contributed by atoms with van der Waals surface area (Å²) < 4.78 is 11.2. The van der Waals surface area contributed by atoms with E-state index in [1.165, 1.54) is 12.1 Å². The maximum Gasteiger partial charge on any atom is 0.299 e. The van der Waals surface area contributed by atoms with Crippen molar-refractivity contribution < 1.29 is 19.3 Å². The Balaban J connectivity index is 1.75. The maximum atomic E-state index is 11.2. The van der Waals surface area contributed by atoms with Crippen LogP contribution in [-0.2, 0) is 4.74 Å². The highest BCUT2D eigenvalue weighted by Gasteiger charge is 2.20. The van der Waals surface area contributed by atoms with Crippen molar-refractivity contribution in [1.29, 1.82) is 0 Å². The van der Waals surface area contributed by atoms with Crippen LogP contribution in [0.4, 0.5) is 22.7 Å². The summed E-state index contributed by atoms with van der Waals surface area (Å²) in [6.07, 6.45) is 2.08. The van der Waals surface area contributed by atoms with Gasteiger partial charge in [0.15, 0.2) is 0 Å². The highest BCUT2D eigenvalue weighted by molar-refractivity contribution is 5.72. The van der Waals surface area contributed by atoms with E-state index in [-0.39, 0.29) is 23.2 Å². The molecule has 2 aromatic carbocycles. The van der Waals surface area contributed by atoms with E-state index in [9.17, 15) is 20.2 Å². The molecule has 0 bridgehead atoms. The van der Waals surface area contributed by atoms with Crippen LogP contribution < -0.4 is 10.1 Å². The van der Waals surface area contributed by atoms with Crippen LogP contribution in [-0.4, -0.2) is 29.2 Å². The molecule has 1 aliphatic heterocycles. The molecule has 1 aliphatic rings. The number of nitro benzene ring substituents is 2. The molecule has 9 heteroatoms. The molecule has 1 unspecified atom stereocenters. The standard InChI is InChI=1S/C17H17N3O6/c21-19(22)13-6-7-16(17(10-13)20(23)24)18-12-3-1-4-14(9-12)26-11-15-5-2-8-25-15/h1,3-4,6-7,9-10,15,18H,2,5,8,11H2. The molecule has 0 radical (unpaired) electrons. The molecule has 1 heterocycles. The first-order valence-electron chi connectivity index (χ1n) is 8.07. The minimum absolute atomic E-state index is 0.0855. The molecule has 1 fully saturated rings. The largest absolute Gasteiger partial charge is 0.491 e. The highest BCUT2D eigenvalue weighted by atomic mass is 16.6. The Labute approximate surface area is 148 Å². The minimum atomic E-state index is -0.670. The van der Waals surface area contributed by atoms with E-state index in [0.717, 1.165) is 25.5 Å². The Morgan fingerprint density at radius 3 is 2.69 bits per heavy atom. The summed E-state index contributed by atoms with van der Waals surface area (Å²) in [6.45, 7) is 1.20. The first kappa shape index (κ1) is 17.6. The van der Waals surface area contributed by atoms with Gasteiger partial charge in [0.25, 0.3) is 11.4 Å². The van der Waals surface area contributed by atoms with E-state index in [1.807, 2.05) is 0 Å². The van der Waals surface area contributed by atoms with Gasteiger partial charge in [0.2, 0.25) is 0 Å². The van der Waals surface area contributed by atoms with E-state index < -0.39 is 9.85 Å². The number of ether oxygens (including phenoxy) is 2. The van der Waals surface area contributed by atoms with Gasteiger partial charge in [-0.3, -0.25) is 20.2 Å². The van der Waals surface area contributed by atoms with Crippen LogP contribution in [0.1, 0.15) is 12.8 Å². The van der Waals surface area contributed by atoms with Gasteiger partial charge < -0.3 is 14.8 Å². The van der Waals surface area contributed by atoms with Gasteiger partial charge in [-0.25, -0.2) is 0 Å². The van der Waals surface area contributed by atoms with Gasteiger partial charge in [0, 0.05) is 24.4 Å². The number of hydrogen-bond donors (Lipinski definition) is 1. The second kappa shape index (κ2) is 7.79. The Hall–Kier alpha value is -3.20. The predicted octanol–water partition coefficient (Wildman–Crippen LogP) is 3.80. The molecule has 3 rings (SSSR count). The Morgan fingerprint density at radius 2 is 2.00 bits per heavy atom. The average molecular weight is 359 g/mol. The topological polar surface area (TPSA) is 117 Å². The number of anilines is 2. The smallest absolute Gasteiger partial charge is 0.299 e. The maximum absolute atomic E-state index is 11.2. The van der Waals surface area contributed by atoms with Gasteiger partial charge in [0.1, 0.15) is 18.0 Å². The zero-order valence-electron chi connectivity index (χ0n) is 13.8. The second-order valence-electron chi connectivity index (χ2n) is 5.81. The van der Waals surface area contributed by atoms with E-state index >= 15 is 0 Å². The lowest BCUT2D eigenvalue weighted by Crippen LogP contribution is -2.16. The Kier molecular flexibility index (Phi) is 5.28. The molecule has 26 heavy (non-hydrogen) atoms. The highest BCUT2D eigenvalue weighted by Crippen LogP contribution is 2.32. The summed E-state index contributed by atoms with van der Waals surface area (Å²) in [5.41, 5.74) is 0.0319. The minimum Gasteiger partial charge on any atom is -0.491 e. The van der Waals surface area contributed by atoms with Crippen LogP contribution in [0.3, 0.4) is 0 Å². The van der Waals surface area contributed by atoms with Crippen molar-refractivity contribution >= 4 is 22.7 Å². The average Bonchev–Trinajstić information content (AvgIpc) is 3.14. The van der Waals surface area contributed by atoms with Crippen LogP contribution >= 0.6 is 0 Å². The molecule has 0 saturated carbocycles. The molecule has 1 N–H and O–H groups in total. The zero-order valence-corrected chi connectivity index (χ0v) is 13.8. The molecule has 2 aromatic rings. The molecule has 9 nitrogen and oxygen atoms in total. The van der Waals surface area contributed by atoms with Crippen molar-refractivity contribution in [3.05, 3.63) is 62.7 Å². The number of nitrogens with one attached hydrogen (secondary N) is 1. The summed E-state index contributed by atoms with van der Waals surface area (Å²) in [6, 6.07) is 10.4. The summed E-state index contributed by atoms with van der Waals surface area (Å²) in [4.78, 5) is 20.7. The number of nitro groups is 2. The monoisotopic (exact) mass is 359 g/mol. The number of benzene rings is 2. The number of rotatable bonds is 7. The summed E-state index contributed by atoms with van der Waals surface area (Å²) in [7, 11) is 0. The van der Waals surface area contributed by atoms with Gasteiger partial charge >= 0.3 is 0 Å². The van der Waals surface area contributed by atoms with Gasteiger partial charge in [-0.05, 0) is 31.0 Å². The predicted molar refractivity (Wildman–Crippen MR) is 93.9 cm³/mol. The fourth-order valence-electron chi connectivity index (χ4n) is 2.67. The van der Waals surface area contributed by atoms with Crippen LogP contribution in [0.15, 0.2) is 42.5 Å². The van der Waals surface area contributed by atoms with Crippen LogP contribution in [0.5, 0.6) is 5.75 Å². The number of hydrogen-bond acceptors (Lipinski definition) is 7. The Bertz CT molecular complexity index is 820. The van der Waals surface area contributed by atoms with Crippen molar-refractivity contribution in [3.8, 4) is 5.75 Å². The molecule has 0 aromatic heterocycles. The third kappa shape index (κ3) is 4.25. The first-order chi connectivity index (χ1) is 12.5. The van der Waals surface area contributed by atoms with Crippen molar-refractivity contribution in [1.82, 2.24) is 0 Å². The Morgan fingerprint density at radius 1 is 1.15 bits per heavy atom. The van der Waals surface area contributed by atoms with Crippen LogP contribution in [0.25, 0.3) is 0 Å². The van der Waals surface area contributed by atoms with Gasteiger partial charge in [-0.15, -0.1) is 0 Å². The van der Waals surface area contributed by atoms with Crippen molar-refractivity contribution in [2.75, 3.05) is 18.5 Å². The fourth-order valence-corrected chi connectivity index (χ4v) is 2.67. The van der Waals surface area contributed by atoms with Gasteiger partial charge in [-0.2, -0.15) is 0 Å². The summed E-state index contributed by atoms with van der Waals surface area (Å²) >= 11 is 0. The van der Waals surface area contributed by atoms with Crippen LogP contribution in [0.2, 0.25) is 0 Å². The molecule has 1 atom stereocenters. The van der Waals surface area contributed by atoms with Gasteiger partial charge in [-0.1, -0.05) is 6.07 Å². The van der Waals surface area contributed by atoms with E-state index in [1.54, 1.807) is 24.3 Å². The van der Waals surface area contributed by atoms with Crippen LogP contribution in [0, 0.1) is 20.2 Å². The lowest BCUT2D eigenvalue weighted by molar-refractivity contribution is -0.393. The molecular formula is C17H17N3O6. The van der Waals surface area contributed by atoms with Crippen molar-refractivity contribution in [3.63, 3.8) is 0 Å². The number of nitrogens with zero attached hydrogens (tertiary/aromatic N) is 2. The SMILES string of the molecule is O=[N+]([O-])c1ccc(Nc2cccc(OCC3CCCO3)c2)c([N+](=O)[O-])c1. The molecule has 1 saturated heterocycles. The zero-order chi connectivity index (χ0) is 18.5. The van der Waals surface area contributed by atoms with E-state index in [0.29, 0.717) is 18.0 Å². The third-order valence-corrected chi connectivity index (χ3v) is 3.96. The lowest BCUT2D eigenvalue weighted by atomic mass is 10.2. The lowest BCUT2D eigenvalue weighted by Gasteiger charge is -2.13. The van der Waals surface area contributed by atoms with E-state index in [4.69, 9.17) is 9.47 Å². The van der Waals surface area contributed by atoms with Crippen molar-refractivity contribution in [2.45, 2.75) is 18.9 Å². The van der Waals surface area contributed by atoms with Crippen molar-refractivity contribution in [2.24, 2.45) is 0 Å². The third-order valence-electron chi connectivity index (χ3n) is 3.96. The fraction of sp³-hybridized carbons (Fsp3) is 0.294. The molecule has 0 aliphatic carbocycles. The van der Waals surface area contributed by atoms with E-state index in [2.05, 4.69) is 5.32 Å². The van der Waals surface area contributed by atoms with Gasteiger partial charge in [0.05, 0.1) is 22.0 Å². The summed E-state index contributed by atoms with van der Waals surface area (Å²) in [5, 5.41) is 24.9. The summed E-state index contributed by atoms with van der Waals surface area (Å²) in [5.74, 6) is 0.607. The molecule has 0 amide bonds.